The molecule has 1 aromatic carbocycles. The van der Waals surface area contributed by atoms with E-state index < -0.39 is 5.97 Å². The number of carboxylic acid groups (broad SMARTS) is 1. The number of benzene rings is 1. The maximum absolute atomic E-state index is 11.7. The van der Waals surface area contributed by atoms with Crippen molar-refractivity contribution in [1.29, 1.82) is 0 Å². The third-order valence-electron chi connectivity index (χ3n) is 2.22. The second kappa shape index (κ2) is 6.40. The molecule has 3 N–H and O–H groups in total. The van der Waals surface area contributed by atoms with E-state index in [4.69, 9.17) is 16.7 Å². The summed E-state index contributed by atoms with van der Waals surface area (Å²) in [5.41, 5.74) is 0.308. The number of carboxylic acids is 1. The second-order valence-corrected chi connectivity index (χ2v) is 5.00. The van der Waals surface area contributed by atoms with Gasteiger partial charge in [-0.3, -0.25) is 9.89 Å². The van der Waals surface area contributed by atoms with Gasteiger partial charge in [0.25, 0.3) is 0 Å². The third kappa shape index (κ3) is 3.72. The second-order valence-electron chi connectivity index (χ2n) is 3.63. The van der Waals surface area contributed by atoms with Crippen LogP contribution in [0.2, 0.25) is 5.02 Å². The predicted molar refractivity (Wildman–Crippen MR) is 74.1 cm³/mol. The Morgan fingerprint density at radius 3 is 2.90 bits per heavy atom. The molecule has 0 radical (unpaired) electrons. The molecule has 9 heteroatoms. The summed E-state index contributed by atoms with van der Waals surface area (Å²) >= 11 is 7.07. The lowest BCUT2D eigenvalue weighted by Crippen LogP contribution is -2.15. The summed E-state index contributed by atoms with van der Waals surface area (Å²) in [5, 5.41) is 18.5. The van der Waals surface area contributed by atoms with E-state index in [1.807, 2.05) is 0 Å². The minimum absolute atomic E-state index is 0.0487. The van der Waals surface area contributed by atoms with Gasteiger partial charge in [0.05, 0.1) is 22.0 Å². The number of amides is 1. The van der Waals surface area contributed by atoms with Crippen molar-refractivity contribution < 1.29 is 14.7 Å². The van der Waals surface area contributed by atoms with Crippen molar-refractivity contribution in [2.75, 3.05) is 11.1 Å². The van der Waals surface area contributed by atoms with Crippen LogP contribution < -0.4 is 5.32 Å². The zero-order valence-corrected chi connectivity index (χ0v) is 11.5. The highest BCUT2D eigenvalue weighted by Crippen LogP contribution is 2.23. The van der Waals surface area contributed by atoms with Crippen molar-refractivity contribution in [2.45, 2.75) is 5.16 Å². The lowest BCUT2D eigenvalue weighted by atomic mass is 10.2. The van der Waals surface area contributed by atoms with Crippen molar-refractivity contribution in [3.05, 3.63) is 35.1 Å². The molecule has 0 aliphatic heterocycles. The first-order valence-corrected chi connectivity index (χ1v) is 6.73. The molecule has 0 saturated carbocycles. The van der Waals surface area contributed by atoms with Crippen LogP contribution in [0.15, 0.2) is 29.7 Å². The molecule has 0 spiro atoms. The van der Waals surface area contributed by atoms with Crippen molar-refractivity contribution in [1.82, 2.24) is 15.2 Å². The molecule has 0 fully saturated rings. The Labute approximate surface area is 122 Å². The third-order valence-corrected chi connectivity index (χ3v) is 3.43. The number of anilines is 1. The molecule has 0 unspecified atom stereocenters. The number of hydrogen-bond donors (Lipinski definition) is 3. The van der Waals surface area contributed by atoms with Gasteiger partial charge in [0.1, 0.15) is 6.33 Å². The molecule has 7 nitrogen and oxygen atoms in total. The number of aromatic nitrogens is 3. The Morgan fingerprint density at radius 2 is 2.25 bits per heavy atom. The van der Waals surface area contributed by atoms with E-state index in [-0.39, 0.29) is 27.9 Å². The number of halogens is 1. The number of thioether (sulfide) groups is 1. The van der Waals surface area contributed by atoms with Crippen LogP contribution >= 0.6 is 23.4 Å². The molecule has 104 valence electrons. The van der Waals surface area contributed by atoms with Gasteiger partial charge in [0.2, 0.25) is 5.91 Å². The SMILES string of the molecule is O=C(CSc1ncn[nH]1)Nc1cc(C(=O)O)ccc1Cl. The highest BCUT2D eigenvalue weighted by atomic mass is 35.5. The number of carbonyl (C=O) groups excluding carboxylic acids is 1. The van der Waals surface area contributed by atoms with Gasteiger partial charge in [0.15, 0.2) is 5.16 Å². The highest BCUT2D eigenvalue weighted by Gasteiger charge is 2.11. The van der Waals surface area contributed by atoms with Crippen LogP contribution in [0.3, 0.4) is 0 Å². The standard InChI is InChI=1S/C11H9ClN4O3S/c12-7-2-1-6(10(18)19)3-8(7)15-9(17)4-20-11-13-5-14-16-11/h1-3,5H,4H2,(H,15,17)(H,18,19)(H,13,14,16). The summed E-state index contributed by atoms with van der Waals surface area (Å²) in [5.74, 6) is -1.31. The zero-order valence-electron chi connectivity index (χ0n) is 9.96. The zero-order chi connectivity index (χ0) is 14.5. The molecule has 2 aromatic rings. The van der Waals surface area contributed by atoms with E-state index in [0.717, 1.165) is 0 Å². The van der Waals surface area contributed by atoms with E-state index in [1.54, 1.807) is 0 Å². The predicted octanol–water partition coefficient (Wildman–Crippen LogP) is 1.89. The number of carbonyl (C=O) groups is 2. The van der Waals surface area contributed by atoms with Gasteiger partial charge in [-0.25, -0.2) is 9.78 Å². The van der Waals surface area contributed by atoms with Gasteiger partial charge < -0.3 is 10.4 Å². The quantitative estimate of drug-likeness (QED) is 0.728. The molecular weight excluding hydrogens is 304 g/mol. The van der Waals surface area contributed by atoms with E-state index in [0.29, 0.717) is 5.16 Å². The molecule has 0 aliphatic rings. The highest BCUT2D eigenvalue weighted by molar-refractivity contribution is 7.99. The average molecular weight is 313 g/mol. The maximum atomic E-state index is 11.7. The molecular formula is C11H9ClN4O3S. The van der Waals surface area contributed by atoms with Crippen LogP contribution in [-0.2, 0) is 4.79 Å². The Morgan fingerprint density at radius 1 is 1.45 bits per heavy atom. The number of aromatic carboxylic acids is 1. The molecule has 1 aromatic heterocycles. The van der Waals surface area contributed by atoms with E-state index in [1.165, 1.54) is 36.3 Å². The monoisotopic (exact) mass is 312 g/mol. The average Bonchev–Trinajstić information content (AvgIpc) is 2.92. The maximum Gasteiger partial charge on any atom is 0.335 e. The number of rotatable bonds is 5. The Bertz CT molecular complexity index is 633. The number of hydrogen-bond acceptors (Lipinski definition) is 5. The Balaban J connectivity index is 2.00. The fourth-order valence-electron chi connectivity index (χ4n) is 1.34. The van der Waals surface area contributed by atoms with Crippen molar-refractivity contribution in [3.8, 4) is 0 Å². The number of H-pyrrole nitrogens is 1. The van der Waals surface area contributed by atoms with Crippen LogP contribution in [0.25, 0.3) is 0 Å². The Kier molecular flexibility index (Phi) is 4.59. The summed E-state index contributed by atoms with van der Waals surface area (Å²) < 4.78 is 0. The summed E-state index contributed by atoms with van der Waals surface area (Å²) in [7, 11) is 0. The number of nitrogens with zero attached hydrogens (tertiary/aromatic N) is 2. The first-order chi connectivity index (χ1) is 9.56. The van der Waals surface area contributed by atoms with Crippen molar-refractivity contribution in [3.63, 3.8) is 0 Å². The molecule has 20 heavy (non-hydrogen) atoms. The molecule has 2 rings (SSSR count). The number of nitrogens with one attached hydrogen (secondary N) is 2. The molecule has 0 aliphatic carbocycles. The van der Waals surface area contributed by atoms with E-state index in [2.05, 4.69) is 20.5 Å². The van der Waals surface area contributed by atoms with Gasteiger partial charge in [-0.15, -0.1) is 0 Å². The minimum Gasteiger partial charge on any atom is -0.478 e. The van der Waals surface area contributed by atoms with Gasteiger partial charge in [-0.2, -0.15) is 5.10 Å². The van der Waals surface area contributed by atoms with Gasteiger partial charge in [-0.05, 0) is 18.2 Å². The lowest BCUT2D eigenvalue weighted by Gasteiger charge is -2.07. The van der Waals surface area contributed by atoms with Gasteiger partial charge in [0, 0.05) is 0 Å². The van der Waals surface area contributed by atoms with Crippen LogP contribution in [0, 0.1) is 0 Å². The van der Waals surface area contributed by atoms with E-state index >= 15 is 0 Å². The van der Waals surface area contributed by atoms with Crippen LogP contribution in [0.5, 0.6) is 0 Å². The van der Waals surface area contributed by atoms with Gasteiger partial charge in [-0.1, -0.05) is 23.4 Å². The molecule has 0 bridgehead atoms. The molecule has 0 atom stereocenters. The minimum atomic E-state index is -1.09. The first-order valence-electron chi connectivity index (χ1n) is 5.37. The van der Waals surface area contributed by atoms with Crippen LogP contribution in [0.4, 0.5) is 5.69 Å². The molecule has 0 saturated heterocycles. The molecule has 1 heterocycles. The largest absolute Gasteiger partial charge is 0.478 e. The molecule has 1 amide bonds. The summed E-state index contributed by atoms with van der Waals surface area (Å²) in [6.45, 7) is 0. The first kappa shape index (κ1) is 14.4. The lowest BCUT2D eigenvalue weighted by molar-refractivity contribution is -0.113. The summed E-state index contributed by atoms with van der Waals surface area (Å²) in [6.07, 6.45) is 1.34. The number of aromatic amines is 1. The summed E-state index contributed by atoms with van der Waals surface area (Å²) in [6, 6.07) is 4.09. The van der Waals surface area contributed by atoms with Crippen LogP contribution in [0.1, 0.15) is 10.4 Å². The van der Waals surface area contributed by atoms with Gasteiger partial charge >= 0.3 is 5.97 Å². The fourth-order valence-corrected chi connectivity index (χ4v) is 2.08. The smallest absolute Gasteiger partial charge is 0.335 e. The summed E-state index contributed by atoms with van der Waals surface area (Å²) in [4.78, 5) is 26.5. The normalized spacial score (nSPS) is 10.2. The van der Waals surface area contributed by atoms with E-state index in [9.17, 15) is 9.59 Å². The fraction of sp³-hybridized carbons (Fsp3) is 0.0909. The topological polar surface area (TPSA) is 108 Å². The van der Waals surface area contributed by atoms with Crippen molar-refractivity contribution in [2.24, 2.45) is 0 Å². The Hall–Kier alpha value is -2.06. The van der Waals surface area contributed by atoms with Crippen molar-refractivity contribution >= 4 is 40.9 Å². The van der Waals surface area contributed by atoms with Crippen LogP contribution in [-0.4, -0.2) is 37.9 Å².